The van der Waals surface area contributed by atoms with Crippen LogP contribution in [0.25, 0.3) is 11.0 Å². The molecule has 9 heteroatoms. The second-order valence-electron chi connectivity index (χ2n) is 9.73. The number of nitrogens with zero attached hydrogens (tertiary/aromatic N) is 5. The van der Waals surface area contributed by atoms with Crippen LogP contribution in [0.2, 0.25) is 0 Å². The molecule has 1 aliphatic heterocycles. The number of carbonyl (C=O) groups excluding carboxylic acids is 1. The van der Waals surface area contributed by atoms with Gasteiger partial charge in [0, 0.05) is 30.7 Å². The number of rotatable bonds is 3. The molecule has 1 saturated carbocycles. The van der Waals surface area contributed by atoms with Gasteiger partial charge >= 0.3 is 0 Å². The summed E-state index contributed by atoms with van der Waals surface area (Å²) < 4.78 is 1.73. The second-order valence-corrected chi connectivity index (χ2v) is 9.73. The summed E-state index contributed by atoms with van der Waals surface area (Å²) in [5.74, 6) is -0.0621. The van der Waals surface area contributed by atoms with Gasteiger partial charge < -0.3 is 20.6 Å². The van der Waals surface area contributed by atoms with E-state index in [2.05, 4.69) is 16.5 Å². The smallest absolute Gasteiger partial charge is 0.276 e. The van der Waals surface area contributed by atoms with E-state index >= 15 is 0 Å². The molecule has 9 nitrogen and oxygen atoms in total. The van der Waals surface area contributed by atoms with E-state index < -0.39 is 5.60 Å². The van der Waals surface area contributed by atoms with Gasteiger partial charge in [0.1, 0.15) is 11.3 Å². The Morgan fingerprint density at radius 1 is 1.26 bits per heavy atom. The Labute approximate surface area is 203 Å². The quantitative estimate of drug-likeness (QED) is 0.560. The highest BCUT2D eigenvalue weighted by Gasteiger charge is 2.33. The zero-order valence-corrected chi connectivity index (χ0v) is 20.1. The molecule has 35 heavy (non-hydrogen) atoms. The molecule has 0 saturated heterocycles. The molecule has 1 amide bonds. The predicted octanol–water partition coefficient (Wildman–Crippen LogP) is 3.22. The molecule has 0 radical (unpaired) electrons. The first-order valence-electron chi connectivity index (χ1n) is 11.9. The van der Waals surface area contributed by atoms with Gasteiger partial charge in [0.15, 0.2) is 0 Å². The first kappa shape index (κ1) is 23.0. The predicted molar refractivity (Wildman–Crippen MR) is 137 cm³/mol. The first-order chi connectivity index (χ1) is 16.7. The van der Waals surface area contributed by atoms with Gasteiger partial charge in [-0.05, 0) is 63.3 Å². The number of hydrogen-bond acceptors (Lipinski definition) is 7. The normalized spacial score (nSPS) is 22.2. The number of nitrogen functional groups attached to an aromatic ring is 1. The largest absolute Gasteiger partial charge is 0.390 e. The van der Waals surface area contributed by atoms with Crippen LogP contribution in [0.3, 0.4) is 0 Å². The van der Waals surface area contributed by atoms with Crippen molar-refractivity contribution in [1.29, 1.82) is 0 Å². The second kappa shape index (κ2) is 8.49. The molecular formula is C26H30N6O3. The molecule has 0 bridgehead atoms. The maximum absolute atomic E-state index is 14.1. The Bertz CT molecular complexity index is 1390. The van der Waals surface area contributed by atoms with Crippen LogP contribution < -0.4 is 21.1 Å². The summed E-state index contributed by atoms with van der Waals surface area (Å²) in [6.45, 7) is 8.31. The molecule has 2 aliphatic rings. The van der Waals surface area contributed by atoms with Crippen LogP contribution in [0.5, 0.6) is 0 Å². The van der Waals surface area contributed by atoms with Gasteiger partial charge in [0.05, 0.1) is 17.0 Å². The molecule has 3 aromatic rings. The Balaban J connectivity index is 1.69. The third-order valence-corrected chi connectivity index (χ3v) is 7.23. The zero-order chi connectivity index (χ0) is 24.9. The lowest BCUT2D eigenvalue weighted by Crippen LogP contribution is -2.44. The lowest BCUT2D eigenvalue weighted by molar-refractivity contribution is -0.114. The number of aliphatic hydroxyl groups is 1. The average Bonchev–Trinajstić information content (AvgIpc) is 2.83. The fourth-order valence-corrected chi connectivity index (χ4v) is 5.36. The molecule has 3 heterocycles. The van der Waals surface area contributed by atoms with E-state index in [0.29, 0.717) is 55.5 Å². The van der Waals surface area contributed by atoms with Crippen molar-refractivity contribution in [3.05, 3.63) is 59.0 Å². The van der Waals surface area contributed by atoms with E-state index in [0.717, 1.165) is 16.9 Å². The Morgan fingerprint density at radius 3 is 2.71 bits per heavy atom. The SMILES string of the molecule is C=CC(=O)N1CCN(c2cc3cnc(N)nc3n([C@H]3CC[C@@](C)(O)CC3)c2=O)c2cccc(C)c21. The Kier molecular flexibility index (Phi) is 5.59. The Morgan fingerprint density at radius 2 is 2.00 bits per heavy atom. The standard InChI is InChI=1S/C26H30N6O3/c1-4-21(33)31-13-12-30(19-7-5-6-16(2)22(19)31)20-14-17-15-28-25(27)29-23(17)32(24(20)34)18-8-10-26(3,35)11-9-18/h4-7,14-15,18,35H,1,8-13H2,2-3H3,(H2,27,28,29)/t18-,26+. The number of anilines is 4. The molecule has 1 fully saturated rings. The van der Waals surface area contributed by atoms with E-state index in [-0.39, 0.29) is 23.5 Å². The maximum Gasteiger partial charge on any atom is 0.276 e. The van der Waals surface area contributed by atoms with Crippen molar-refractivity contribution in [3.63, 3.8) is 0 Å². The van der Waals surface area contributed by atoms with E-state index in [9.17, 15) is 14.7 Å². The minimum Gasteiger partial charge on any atom is -0.390 e. The van der Waals surface area contributed by atoms with E-state index in [1.165, 1.54) is 6.08 Å². The number of pyridine rings is 1. The maximum atomic E-state index is 14.1. The average molecular weight is 475 g/mol. The summed E-state index contributed by atoms with van der Waals surface area (Å²) in [6, 6.07) is 7.50. The van der Waals surface area contributed by atoms with Crippen molar-refractivity contribution in [2.75, 3.05) is 28.6 Å². The van der Waals surface area contributed by atoms with Gasteiger partial charge in [-0.15, -0.1) is 0 Å². The summed E-state index contributed by atoms with van der Waals surface area (Å²) in [5.41, 5.74) is 8.51. The van der Waals surface area contributed by atoms with Crippen molar-refractivity contribution < 1.29 is 9.90 Å². The van der Waals surface area contributed by atoms with E-state index in [1.807, 2.05) is 43.0 Å². The minimum atomic E-state index is -0.730. The topological polar surface area (TPSA) is 118 Å². The number of benzene rings is 1. The molecule has 0 spiro atoms. The van der Waals surface area contributed by atoms with Crippen molar-refractivity contribution in [3.8, 4) is 0 Å². The number of para-hydroxylation sites is 1. The van der Waals surface area contributed by atoms with Gasteiger partial charge in [-0.2, -0.15) is 4.98 Å². The van der Waals surface area contributed by atoms with Crippen LogP contribution in [0.4, 0.5) is 23.0 Å². The summed E-state index contributed by atoms with van der Waals surface area (Å²) in [5, 5.41) is 11.2. The van der Waals surface area contributed by atoms with Crippen LogP contribution in [0.15, 0.2) is 47.9 Å². The van der Waals surface area contributed by atoms with Gasteiger partial charge in [0.25, 0.3) is 11.5 Å². The van der Waals surface area contributed by atoms with Crippen LogP contribution in [-0.4, -0.2) is 44.2 Å². The summed E-state index contributed by atoms with van der Waals surface area (Å²) in [6.07, 6.45) is 5.47. The summed E-state index contributed by atoms with van der Waals surface area (Å²) in [7, 11) is 0. The number of aryl methyl sites for hydroxylation is 1. The molecule has 3 N–H and O–H groups in total. The molecule has 182 valence electrons. The molecule has 0 unspecified atom stereocenters. The number of amides is 1. The van der Waals surface area contributed by atoms with E-state index in [4.69, 9.17) is 5.73 Å². The zero-order valence-electron chi connectivity index (χ0n) is 20.1. The fraction of sp³-hybridized carbons (Fsp3) is 0.385. The number of fused-ring (bicyclic) bond motifs is 2. The fourth-order valence-electron chi connectivity index (χ4n) is 5.36. The van der Waals surface area contributed by atoms with Crippen LogP contribution in [-0.2, 0) is 4.79 Å². The van der Waals surface area contributed by atoms with Gasteiger partial charge in [0.2, 0.25) is 5.95 Å². The van der Waals surface area contributed by atoms with Crippen LogP contribution in [0, 0.1) is 6.92 Å². The van der Waals surface area contributed by atoms with Crippen LogP contribution in [0.1, 0.15) is 44.2 Å². The lowest BCUT2D eigenvalue weighted by atomic mass is 9.83. The third-order valence-electron chi connectivity index (χ3n) is 7.23. The van der Waals surface area contributed by atoms with Crippen LogP contribution >= 0.6 is 0 Å². The lowest BCUT2D eigenvalue weighted by Gasteiger charge is -2.39. The highest BCUT2D eigenvalue weighted by Crippen LogP contribution is 2.41. The van der Waals surface area contributed by atoms with Crippen molar-refractivity contribution >= 4 is 40.0 Å². The molecule has 1 aromatic carbocycles. The molecule has 5 rings (SSSR count). The van der Waals surface area contributed by atoms with Crippen molar-refractivity contribution in [2.24, 2.45) is 0 Å². The highest BCUT2D eigenvalue weighted by atomic mass is 16.3. The Hall–Kier alpha value is -3.72. The van der Waals surface area contributed by atoms with Crippen molar-refractivity contribution in [1.82, 2.24) is 14.5 Å². The van der Waals surface area contributed by atoms with Crippen molar-refractivity contribution in [2.45, 2.75) is 51.2 Å². The first-order valence-corrected chi connectivity index (χ1v) is 11.9. The number of aromatic nitrogens is 3. The summed E-state index contributed by atoms with van der Waals surface area (Å²) in [4.78, 5) is 38.9. The van der Waals surface area contributed by atoms with Gasteiger partial charge in [-0.25, -0.2) is 4.98 Å². The number of nitrogens with two attached hydrogens (primary N) is 1. The molecule has 1 aliphatic carbocycles. The number of carbonyl (C=O) groups is 1. The number of hydrogen-bond donors (Lipinski definition) is 2. The molecule has 2 aromatic heterocycles. The van der Waals surface area contributed by atoms with Gasteiger partial charge in [-0.3, -0.25) is 14.2 Å². The van der Waals surface area contributed by atoms with Gasteiger partial charge in [-0.1, -0.05) is 18.7 Å². The summed E-state index contributed by atoms with van der Waals surface area (Å²) >= 11 is 0. The third kappa shape index (κ3) is 3.95. The molecule has 0 atom stereocenters. The monoisotopic (exact) mass is 474 g/mol. The highest BCUT2D eigenvalue weighted by molar-refractivity contribution is 6.05. The molecular weight excluding hydrogens is 444 g/mol. The van der Waals surface area contributed by atoms with E-state index in [1.54, 1.807) is 15.7 Å². The minimum absolute atomic E-state index is 0.110.